The SMILES string of the molecule is O=C1c2ccccc2OCc2c1cnn2-c1ccccc1. The third-order valence-corrected chi connectivity index (χ3v) is 3.61. The van der Waals surface area contributed by atoms with Crippen LogP contribution in [0.25, 0.3) is 5.69 Å². The van der Waals surface area contributed by atoms with E-state index in [4.69, 9.17) is 4.74 Å². The maximum atomic E-state index is 12.6. The van der Waals surface area contributed by atoms with Gasteiger partial charge in [-0.1, -0.05) is 30.3 Å². The van der Waals surface area contributed by atoms with E-state index in [9.17, 15) is 4.79 Å². The highest BCUT2D eigenvalue weighted by Crippen LogP contribution is 2.29. The van der Waals surface area contributed by atoms with Crippen molar-refractivity contribution in [2.24, 2.45) is 0 Å². The number of carbonyl (C=O) groups excluding carboxylic acids is 1. The van der Waals surface area contributed by atoms with Gasteiger partial charge in [-0.25, -0.2) is 4.68 Å². The summed E-state index contributed by atoms with van der Waals surface area (Å²) < 4.78 is 7.55. The summed E-state index contributed by atoms with van der Waals surface area (Å²) in [7, 11) is 0. The second-order valence-corrected chi connectivity index (χ2v) is 4.87. The Morgan fingerprint density at radius 3 is 2.57 bits per heavy atom. The molecule has 0 radical (unpaired) electrons. The summed E-state index contributed by atoms with van der Waals surface area (Å²) in [5.74, 6) is 0.582. The van der Waals surface area contributed by atoms with Crippen LogP contribution < -0.4 is 4.74 Å². The highest BCUT2D eigenvalue weighted by atomic mass is 16.5. The quantitative estimate of drug-likeness (QED) is 0.686. The maximum absolute atomic E-state index is 12.6. The lowest BCUT2D eigenvalue weighted by atomic mass is 10.0. The Morgan fingerprint density at radius 1 is 0.952 bits per heavy atom. The van der Waals surface area contributed by atoms with E-state index < -0.39 is 0 Å². The van der Waals surface area contributed by atoms with Crippen molar-refractivity contribution in [3.8, 4) is 11.4 Å². The molecule has 0 aliphatic carbocycles. The fourth-order valence-electron chi connectivity index (χ4n) is 2.57. The van der Waals surface area contributed by atoms with Crippen molar-refractivity contribution < 1.29 is 9.53 Å². The van der Waals surface area contributed by atoms with Gasteiger partial charge in [0.05, 0.1) is 28.7 Å². The molecular formula is C17H12N2O2. The number of ketones is 1. The largest absolute Gasteiger partial charge is 0.486 e. The van der Waals surface area contributed by atoms with Crippen molar-refractivity contribution in [2.45, 2.75) is 6.61 Å². The molecule has 0 atom stereocenters. The fourth-order valence-corrected chi connectivity index (χ4v) is 2.57. The molecule has 0 amide bonds. The van der Waals surface area contributed by atoms with Gasteiger partial charge in [-0.3, -0.25) is 4.79 Å². The maximum Gasteiger partial charge on any atom is 0.200 e. The first-order valence-corrected chi connectivity index (χ1v) is 6.73. The van der Waals surface area contributed by atoms with Crippen LogP contribution in [0.3, 0.4) is 0 Å². The zero-order valence-electron chi connectivity index (χ0n) is 11.2. The third kappa shape index (κ3) is 1.84. The Balaban J connectivity index is 1.87. The van der Waals surface area contributed by atoms with Gasteiger partial charge in [0.25, 0.3) is 0 Å². The highest BCUT2D eigenvalue weighted by Gasteiger charge is 2.25. The monoisotopic (exact) mass is 276 g/mol. The van der Waals surface area contributed by atoms with Crippen LogP contribution in [0.1, 0.15) is 21.6 Å². The number of carbonyl (C=O) groups is 1. The van der Waals surface area contributed by atoms with Gasteiger partial charge in [0.1, 0.15) is 12.4 Å². The molecule has 0 N–H and O–H groups in total. The van der Waals surface area contributed by atoms with Gasteiger partial charge in [0.2, 0.25) is 0 Å². The molecule has 0 fully saturated rings. The van der Waals surface area contributed by atoms with E-state index in [0.29, 0.717) is 23.5 Å². The highest BCUT2D eigenvalue weighted by molar-refractivity contribution is 6.11. The molecule has 1 aromatic heterocycles. The van der Waals surface area contributed by atoms with Crippen molar-refractivity contribution in [2.75, 3.05) is 0 Å². The van der Waals surface area contributed by atoms with Crippen LogP contribution in [-0.2, 0) is 6.61 Å². The van der Waals surface area contributed by atoms with Gasteiger partial charge in [-0.15, -0.1) is 0 Å². The Labute approximate surface area is 121 Å². The molecule has 0 saturated carbocycles. The summed E-state index contributed by atoms with van der Waals surface area (Å²) in [5, 5.41) is 4.35. The molecule has 1 aliphatic heterocycles. The molecule has 4 rings (SSSR count). The van der Waals surface area contributed by atoms with Crippen LogP contribution >= 0.6 is 0 Å². The lowest BCUT2D eigenvalue weighted by Gasteiger charge is -2.08. The lowest BCUT2D eigenvalue weighted by Crippen LogP contribution is -2.06. The summed E-state index contributed by atoms with van der Waals surface area (Å²) >= 11 is 0. The summed E-state index contributed by atoms with van der Waals surface area (Å²) in [6, 6.07) is 17.0. The Kier molecular flexibility index (Phi) is 2.60. The molecule has 4 heteroatoms. The van der Waals surface area contributed by atoms with Crippen molar-refractivity contribution >= 4 is 5.78 Å². The van der Waals surface area contributed by atoms with Crippen molar-refractivity contribution in [3.63, 3.8) is 0 Å². The first-order valence-electron chi connectivity index (χ1n) is 6.73. The van der Waals surface area contributed by atoms with Crippen LogP contribution in [0, 0.1) is 0 Å². The summed E-state index contributed by atoms with van der Waals surface area (Å²) in [5.41, 5.74) is 2.89. The lowest BCUT2D eigenvalue weighted by molar-refractivity contribution is 0.103. The topological polar surface area (TPSA) is 44.1 Å². The summed E-state index contributed by atoms with van der Waals surface area (Å²) in [6.07, 6.45) is 1.62. The van der Waals surface area contributed by atoms with E-state index in [2.05, 4.69) is 5.10 Å². The average molecular weight is 276 g/mol. The Morgan fingerprint density at radius 2 is 1.71 bits per heavy atom. The number of nitrogens with zero attached hydrogens (tertiary/aromatic N) is 2. The molecule has 102 valence electrons. The molecule has 3 aromatic rings. The van der Waals surface area contributed by atoms with Gasteiger partial charge in [-0.2, -0.15) is 5.10 Å². The van der Waals surface area contributed by atoms with Crippen LogP contribution in [0.2, 0.25) is 0 Å². The minimum absolute atomic E-state index is 0.0414. The van der Waals surface area contributed by atoms with Crippen LogP contribution in [0.15, 0.2) is 60.8 Å². The standard InChI is InChI=1S/C17H12N2O2/c20-17-13-8-4-5-9-16(13)21-11-15-14(17)10-18-19(15)12-6-2-1-3-7-12/h1-10H,11H2. The molecule has 21 heavy (non-hydrogen) atoms. The van der Waals surface area contributed by atoms with Crippen molar-refractivity contribution in [3.05, 3.63) is 77.6 Å². The van der Waals surface area contributed by atoms with E-state index >= 15 is 0 Å². The average Bonchev–Trinajstić information content (AvgIpc) is 2.91. The molecule has 2 heterocycles. The summed E-state index contributed by atoms with van der Waals surface area (Å²) in [4.78, 5) is 12.6. The number of hydrogen-bond donors (Lipinski definition) is 0. The number of benzene rings is 2. The number of ether oxygens (including phenoxy) is 1. The van der Waals surface area contributed by atoms with Gasteiger partial charge in [0, 0.05) is 0 Å². The minimum Gasteiger partial charge on any atom is -0.486 e. The predicted octanol–water partition coefficient (Wildman–Crippen LogP) is 3.00. The first-order chi connectivity index (χ1) is 10.3. The normalized spacial score (nSPS) is 13.0. The van der Waals surface area contributed by atoms with E-state index in [0.717, 1.165) is 11.4 Å². The van der Waals surface area contributed by atoms with Crippen molar-refractivity contribution in [1.29, 1.82) is 0 Å². The number of aromatic nitrogens is 2. The Hall–Kier alpha value is -2.88. The van der Waals surface area contributed by atoms with Crippen LogP contribution in [0.4, 0.5) is 0 Å². The molecule has 0 bridgehead atoms. The molecule has 0 saturated heterocycles. The van der Waals surface area contributed by atoms with Crippen molar-refractivity contribution in [1.82, 2.24) is 9.78 Å². The zero-order valence-corrected chi connectivity index (χ0v) is 11.2. The zero-order chi connectivity index (χ0) is 14.2. The van der Waals surface area contributed by atoms with E-state index in [1.165, 1.54) is 0 Å². The number of fused-ring (bicyclic) bond motifs is 2. The Bertz CT molecular complexity index is 822. The van der Waals surface area contributed by atoms with Gasteiger partial charge in [0.15, 0.2) is 5.78 Å². The first kappa shape index (κ1) is 11.9. The molecule has 0 unspecified atom stereocenters. The predicted molar refractivity (Wildman–Crippen MR) is 77.8 cm³/mol. The second-order valence-electron chi connectivity index (χ2n) is 4.87. The van der Waals surface area contributed by atoms with Crippen LogP contribution in [-0.4, -0.2) is 15.6 Å². The minimum atomic E-state index is -0.0414. The molecule has 4 nitrogen and oxygen atoms in total. The van der Waals surface area contributed by atoms with Gasteiger partial charge >= 0.3 is 0 Å². The molecule has 2 aromatic carbocycles. The summed E-state index contributed by atoms with van der Waals surface area (Å²) in [6.45, 7) is 0.326. The van der Waals surface area contributed by atoms with Gasteiger partial charge < -0.3 is 4.74 Å². The van der Waals surface area contributed by atoms with E-state index in [1.807, 2.05) is 48.5 Å². The molecular weight excluding hydrogens is 264 g/mol. The third-order valence-electron chi connectivity index (χ3n) is 3.61. The van der Waals surface area contributed by atoms with E-state index in [-0.39, 0.29) is 5.78 Å². The number of para-hydroxylation sites is 2. The fraction of sp³-hybridized carbons (Fsp3) is 0.0588. The second kappa shape index (κ2) is 4.59. The van der Waals surface area contributed by atoms with Gasteiger partial charge in [-0.05, 0) is 24.3 Å². The molecule has 0 spiro atoms. The van der Waals surface area contributed by atoms with E-state index in [1.54, 1.807) is 16.9 Å². The smallest absolute Gasteiger partial charge is 0.200 e. The molecule has 1 aliphatic rings. The van der Waals surface area contributed by atoms with Crippen LogP contribution in [0.5, 0.6) is 5.75 Å². The number of hydrogen-bond acceptors (Lipinski definition) is 3. The number of rotatable bonds is 1.